The fraction of sp³-hybridized carbons (Fsp3) is 0.545. The molecule has 0 aliphatic carbocycles. The van der Waals surface area contributed by atoms with Crippen LogP contribution in [0.15, 0.2) is 10.6 Å². The van der Waals surface area contributed by atoms with E-state index < -0.39 is 6.04 Å². The summed E-state index contributed by atoms with van der Waals surface area (Å²) in [4.78, 5) is 22.9. The number of nitrogens with one attached hydrogen (secondary N) is 2. The Morgan fingerprint density at radius 3 is 2.76 bits per heavy atom. The van der Waals surface area contributed by atoms with Crippen LogP contribution in [0.2, 0.25) is 0 Å². The average molecular weight is 239 g/mol. The van der Waals surface area contributed by atoms with E-state index in [1.165, 1.54) is 0 Å². The number of hydrogen-bond acceptors (Lipinski definition) is 4. The number of anilines is 1. The van der Waals surface area contributed by atoms with Gasteiger partial charge in [-0.1, -0.05) is 12.1 Å². The standard InChI is InChI=1S/C11H17N3O3/c1-4-5-10(15)12-8(3)11(16)13-9-6-7(2)17-14-9/h6,8H,4-5H2,1-3H3,(H,12,15)(H,13,14,16)/t8-/m1/s1. The van der Waals surface area contributed by atoms with Gasteiger partial charge in [0.25, 0.3) is 0 Å². The number of hydrogen-bond donors (Lipinski definition) is 2. The van der Waals surface area contributed by atoms with E-state index in [0.29, 0.717) is 18.0 Å². The summed E-state index contributed by atoms with van der Waals surface area (Å²) in [6.07, 6.45) is 1.17. The van der Waals surface area contributed by atoms with Crippen LogP contribution in [0, 0.1) is 6.92 Å². The average Bonchev–Trinajstić information content (AvgIpc) is 2.64. The van der Waals surface area contributed by atoms with Crippen LogP contribution in [0.4, 0.5) is 5.82 Å². The third kappa shape index (κ3) is 4.26. The molecule has 1 rings (SSSR count). The molecule has 1 aromatic rings. The Morgan fingerprint density at radius 2 is 2.24 bits per heavy atom. The lowest BCUT2D eigenvalue weighted by Crippen LogP contribution is -2.41. The number of carbonyl (C=O) groups excluding carboxylic acids is 2. The second-order valence-electron chi connectivity index (χ2n) is 3.85. The van der Waals surface area contributed by atoms with Crippen molar-refractivity contribution in [2.24, 2.45) is 0 Å². The zero-order chi connectivity index (χ0) is 12.8. The van der Waals surface area contributed by atoms with E-state index in [9.17, 15) is 9.59 Å². The first-order chi connectivity index (χ1) is 8.02. The Hall–Kier alpha value is -1.85. The minimum Gasteiger partial charge on any atom is -0.360 e. The first-order valence-corrected chi connectivity index (χ1v) is 5.56. The predicted molar refractivity (Wildman–Crippen MR) is 62.4 cm³/mol. The number of carbonyl (C=O) groups is 2. The van der Waals surface area contributed by atoms with Crippen molar-refractivity contribution in [1.29, 1.82) is 0 Å². The lowest BCUT2D eigenvalue weighted by atomic mass is 10.2. The Labute approximate surface area is 99.7 Å². The largest absolute Gasteiger partial charge is 0.360 e. The zero-order valence-electron chi connectivity index (χ0n) is 10.2. The van der Waals surface area contributed by atoms with Crippen molar-refractivity contribution in [3.05, 3.63) is 11.8 Å². The molecule has 0 aliphatic heterocycles. The molecule has 6 heteroatoms. The van der Waals surface area contributed by atoms with Crippen LogP contribution in [0.1, 0.15) is 32.4 Å². The summed E-state index contributed by atoms with van der Waals surface area (Å²) in [5.41, 5.74) is 0. The maximum absolute atomic E-state index is 11.7. The van der Waals surface area contributed by atoms with Gasteiger partial charge in [-0.25, -0.2) is 0 Å². The predicted octanol–water partition coefficient (Wildman–Crippen LogP) is 1.23. The van der Waals surface area contributed by atoms with Gasteiger partial charge in [-0.3, -0.25) is 9.59 Å². The summed E-state index contributed by atoms with van der Waals surface area (Å²) in [5.74, 6) is 0.515. The highest BCUT2D eigenvalue weighted by molar-refractivity contribution is 5.96. The van der Waals surface area contributed by atoms with Crippen LogP contribution >= 0.6 is 0 Å². The molecule has 1 atom stereocenters. The van der Waals surface area contributed by atoms with Gasteiger partial charge in [0, 0.05) is 12.5 Å². The number of rotatable bonds is 5. The van der Waals surface area contributed by atoms with Crippen LogP contribution in [-0.2, 0) is 9.59 Å². The molecule has 94 valence electrons. The Bertz CT molecular complexity index is 400. The second kappa shape index (κ2) is 6.03. The maximum Gasteiger partial charge on any atom is 0.247 e. The van der Waals surface area contributed by atoms with Gasteiger partial charge in [-0.2, -0.15) is 0 Å². The molecular weight excluding hydrogens is 222 g/mol. The van der Waals surface area contributed by atoms with E-state index in [0.717, 1.165) is 6.42 Å². The van der Waals surface area contributed by atoms with E-state index in [1.807, 2.05) is 6.92 Å². The SMILES string of the molecule is CCCC(=O)N[C@H](C)C(=O)Nc1cc(C)on1. The fourth-order valence-corrected chi connectivity index (χ4v) is 1.27. The van der Waals surface area contributed by atoms with E-state index in [4.69, 9.17) is 4.52 Å². The van der Waals surface area contributed by atoms with Crippen molar-refractivity contribution < 1.29 is 14.1 Å². The quantitative estimate of drug-likeness (QED) is 0.809. The van der Waals surface area contributed by atoms with Gasteiger partial charge in [-0.05, 0) is 20.3 Å². The maximum atomic E-state index is 11.7. The molecule has 17 heavy (non-hydrogen) atoms. The third-order valence-electron chi connectivity index (χ3n) is 2.13. The molecule has 0 aliphatic rings. The van der Waals surface area contributed by atoms with Gasteiger partial charge >= 0.3 is 0 Å². The van der Waals surface area contributed by atoms with Crippen molar-refractivity contribution in [2.45, 2.75) is 39.7 Å². The lowest BCUT2D eigenvalue weighted by Gasteiger charge is -2.12. The molecule has 0 unspecified atom stereocenters. The number of nitrogens with zero attached hydrogens (tertiary/aromatic N) is 1. The van der Waals surface area contributed by atoms with Crippen LogP contribution in [-0.4, -0.2) is 23.0 Å². The fourth-order valence-electron chi connectivity index (χ4n) is 1.27. The summed E-state index contributed by atoms with van der Waals surface area (Å²) in [7, 11) is 0. The molecular formula is C11H17N3O3. The number of amides is 2. The number of aryl methyl sites for hydroxylation is 1. The van der Waals surface area contributed by atoms with Gasteiger partial charge in [-0.15, -0.1) is 0 Å². The van der Waals surface area contributed by atoms with Crippen LogP contribution in [0.3, 0.4) is 0 Å². The zero-order valence-corrected chi connectivity index (χ0v) is 10.2. The molecule has 0 aromatic carbocycles. The van der Waals surface area contributed by atoms with Crippen molar-refractivity contribution in [2.75, 3.05) is 5.32 Å². The molecule has 2 N–H and O–H groups in total. The molecule has 2 amide bonds. The van der Waals surface area contributed by atoms with E-state index in [-0.39, 0.29) is 11.8 Å². The van der Waals surface area contributed by atoms with E-state index >= 15 is 0 Å². The van der Waals surface area contributed by atoms with Gasteiger partial charge in [0.2, 0.25) is 11.8 Å². The van der Waals surface area contributed by atoms with E-state index in [2.05, 4.69) is 15.8 Å². The van der Waals surface area contributed by atoms with Crippen molar-refractivity contribution in [3.63, 3.8) is 0 Å². The highest BCUT2D eigenvalue weighted by Gasteiger charge is 2.16. The minimum absolute atomic E-state index is 0.133. The second-order valence-corrected chi connectivity index (χ2v) is 3.85. The molecule has 0 spiro atoms. The summed E-state index contributed by atoms with van der Waals surface area (Å²) in [5, 5.41) is 8.78. The molecule has 6 nitrogen and oxygen atoms in total. The molecule has 0 fully saturated rings. The summed E-state index contributed by atoms with van der Waals surface area (Å²) in [6.45, 7) is 5.26. The molecule has 0 saturated heterocycles. The minimum atomic E-state index is -0.592. The van der Waals surface area contributed by atoms with Crippen molar-refractivity contribution in [3.8, 4) is 0 Å². The lowest BCUT2D eigenvalue weighted by molar-refractivity contribution is -0.126. The summed E-state index contributed by atoms with van der Waals surface area (Å²) >= 11 is 0. The molecule has 0 radical (unpaired) electrons. The van der Waals surface area contributed by atoms with Crippen LogP contribution < -0.4 is 10.6 Å². The summed E-state index contributed by atoms with van der Waals surface area (Å²) < 4.78 is 4.81. The molecule has 0 saturated carbocycles. The summed E-state index contributed by atoms with van der Waals surface area (Å²) in [6, 6.07) is 1.02. The van der Waals surface area contributed by atoms with Gasteiger partial charge < -0.3 is 15.2 Å². The van der Waals surface area contributed by atoms with Gasteiger partial charge in [0.15, 0.2) is 5.82 Å². The van der Waals surface area contributed by atoms with Crippen molar-refractivity contribution >= 4 is 17.6 Å². The van der Waals surface area contributed by atoms with Crippen molar-refractivity contribution in [1.82, 2.24) is 10.5 Å². The molecule has 1 aromatic heterocycles. The monoisotopic (exact) mass is 239 g/mol. The Kier molecular flexibility index (Phi) is 4.68. The normalized spacial score (nSPS) is 11.9. The first-order valence-electron chi connectivity index (χ1n) is 5.56. The smallest absolute Gasteiger partial charge is 0.247 e. The first kappa shape index (κ1) is 13.2. The number of aromatic nitrogens is 1. The van der Waals surface area contributed by atoms with Gasteiger partial charge in [0.05, 0.1) is 0 Å². The highest BCUT2D eigenvalue weighted by atomic mass is 16.5. The highest BCUT2D eigenvalue weighted by Crippen LogP contribution is 2.07. The Morgan fingerprint density at radius 1 is 1.53 bits per heavy atom. The van der Waals surface area contributed by atoms with Crippen LogP contribution in [0.25, 0.3) is 0 Å². The third-order valence-corrected chi connectivity index (χ3v) is 2.13. The Balaban J connectivity index is 2.44. The molecule has 0 bridgehead atoms. The van der Waals surface area contributed by atoms with Crippen LogP contribution in [0.5, 0.6) is 0 Å². The van der Waals surface area contributed by atoms with E-state index in [1.54, 1.807) is 19.9 Å². The van der Waals surface area contributed by atoms with Gasteiger partial charge in [0.1, 0.15) is 11.8 Å². The molecule has 1 heterocycles. The topological polar surface area (TPSA) is 84.2 Å².